The zero-order valence-corrected chi connectivity index (χ0v) is 11.0. The van der Waals surface area contributed by atoms with E-state index in [-0.39, 0.29) is 17.8 Å². The highest BCUT2D eigenvalue weighted by molar-refractivity contribution is 5.97. The van der Waals surface area contributed by atoms with E-state index >= 15 is 0 Å². The molecule has 1 aliphatic carbocycles. The Kier molecular flexibility index (Phi) is 3.23. The van der Waals surface area contributed by atoms with Crippen LogP contribution in [0.1, 0.15) is 19.3 Å². The van der Waals surface area contributed by atoms with Gasteiger partial charge in [-0.3, -0.25) is 10.1 Å². The maximum Gasteiger partial charge on any atom is 0.295 e. The lowest BCUT2D eigenvalue weighted by Crippen LogP contribution is -2.35. The SMILES string of the molecule is NC1CCCC1Nc1ccc([N+](=O)[O-])c2ncccc12. The summed E-state index contributed by atoms with van der Waals surface area (Å²) in [6, 6.07) is 7.23. The summed E-state index contributed by atoms with van der Waals surface area (Å²) in [5.74, 6) is 0. The normalized spacial score (nSPS) is 22.1. The van der Waals surface area contributed by atoms with E-state index in [0.29, 0.717) is 5.52 Å². The van der Waals surface area contributed by atoms with Gasteiger partial charge >= 0.3 is 0 Å². The number of fused-ring (bicyclic) bond motifs is 1. The van der Waals surface area contributed by atoms with Gasteiger partial charge in [-0.25, -0.2) is 4.98 Å². The van der Waals surface area contributed by atoms with Crippen LogP contribution in [0.25, 0.3) is 10.9 Å². The lowest BCUT2D eigenvalue weighted by molar-refractivity contribution is -0.383. The van der Waals surface area contributed by atoms with Gasteiger partial charge in [-0.05, 0) is 37.5 Å². The van der Waals surface area contributed by atoms with E-state index in [1.807, 2.05) is 6.07 Å². The molecule has 2 aromatic rings. The Morgan fingerprint density at radius 2 is 2.20 bits per heavy atom. The number of pyridine rings is 1. The van der Waals surface area contributed by atoms with Gasteiger partial charge in [0.15, 0.2) is 0 Å². The zero-order valence-electron chi connectivity index (χ0n) is 11.0. The van der Waals surface area contributed by atoms with Crippen molar-refractivity contribution < 1.29 is 4.92 Å². The Hall–Kier alpha value is -2.21. The molecule has 2 unspecified atom stereocenters. The number of nitro benzene ring substituents is 1. The minimum Gasteiger partial charge on any atom is -0.380 e. The van der Waals surface area contributed by atoms with Gasteiger partial charge in [0.2, 0.25) is 0 Å². The number of hydrogen-bond acceptors (Lipinski definition) is 5. The van der Waals surface area contributed by atoms with Crippen LogP contribution in [0.3, 0.4) is 0 Å². The van der Waals surface area contributed by atoms with Crippen molar-refractivity contribution in [2.45, 2.75) is 31.3 Å². The van der Waals surface area contributed by atoms with E-state index in [4.69, 9.17) is 5.73 Å². The lowest BCUT2D eigenvalue weighted by Gasteiger charge is -2.19. The van der Waals surface area contributed by atoms with E-state index in [1.54, 1.807) is 18.3 Å². The Morgan fingerprint density at radius 3 is 2.90 bits per heavy atom. The molecule has 20 heavy (non-hydrogen) atoms. The van der Waals surface area contributed by atoms with Crippen LogP contribution in [0.5, 0.6) is 0 Å². The van der Waals surface area contributed by atoms with Gasteiger partial charge in [0.05, 0.1) is 4.92 Å². The van der Waals surface area contributed by atoms with E-state index < -0.39 is 4.92 Å². The van der Waals surface area contributed by atoms with Crippen LogP contribution >= 0.6 is 0 Å². The first-order valence-electron chi connectivity index (χ1n) is 6.71. The quantitative estimate of drug-likeness (QED) is 0.661. The first kappa shape index (κ1) is 12.8. The molecule has 1 aromatic heterocycles. The third-order valence-electron chi connectivity index (χ3n) is 3.86. The molecule has 1 saturated carbocycles. The van der Waals surface area contributed by atoms with Crippen molar-refractivity contribution in [3.05, 3.63) is 40.6 Å². The number of aromatic nitrogens is 1. The number of nitrogens with two attached hydrogens (primary N) is 1. The number of hydrogen-bond donors (Lipinski definition) is 2. The van der Waals surface area contributed by atoms with Gasteiger partial charge in [0.25, 0.3) is 5.69 Å². The third kappa shape index (κ3) is 2.18. The Bertz CT molecular complexity index is 659. The van der Waals surface area contributed by atoms with Gasteiger partial charge in [0.1, 0.15) is 5.52 Å². The van der Waals surface area contributed by atoms with E-state index in [9.17, 15) is 10.1 Å². The van der Waals surface area contributed by atoms with Crippen LogP contribution in [0.4, 0.5) is 11.4 Å². The van der Waals surface area contributed by atoms with Gasteiger partial charge in [0, 0.05) is 35.4 Å². The molecule has 1 aromatic carbocycles. The Morgan fingerprint density at radius 1 is 1.35 bits per heavy atom. The molecule has 0 amide bonds. The molecular weight excluding hydrogens is 256 g/mol. The zero-order chi connectivity index (χ0) is 14.1. The van der Waals surface area contributed by atoms with Gasteiger partial charge in [-0.1, -0.05) is 0 Å². The second kappa shape index (κ2) is 5.05. The van der Waals surface area contributed by atoms with Gasteiger partial charge in [-0.2, -0.15) is 0 Å². The highest BCUT2D eigenvalue weighted by Crippen LogP contribution is 2.31. The maximum absolute atomic E-state index is 11.0. The fraction of sp³-hybridized carbons (Fsp3) is 0.357. The molecule has 2 atom stereocenters. The third-order valence-corrected chi connectivity index (χ3v) is 3.86. The smallest absolute Gasteiger partial charge is 0.295 e. The standard InChI is InChI=1S/C14H16N4O2/c15-10-4-1-5-12(10)17-11-6-7-13(18(19)20)14-9(11)3-2-8-16-14/h2-3,6-8,10,12,17H,1,4-5,15H2. The first-order chi connectivity index (χ1) is 9.66. The fourth-order valence-electron chi connectivity index (χ4n) is 2.80. The summed E-state index contributed by atoms with van der Waals surface area (Å²) in [7, 11) is 0. The molecule has 104 valence electrons. The molecule has 6 heteroatoms. The minimum absolute atomic E-state index is 0.0295. The highest BCUT2D eigenvalue weighted by atomic mass is 16.6. The van der Waals surface area contributed by atoms with Crippen LogP contribution < -0.4 is 11.1 Å². The fourth-order valence-corrected chi connectivity index (χ4v) is 2.80. The molecule has 0 bridgehead atoms. The summed E-state index contributed by atoms with van der Waals surface area (Å²) in [6.45, 7) is 0. The predicted molar refractivity (Wildman–Crippen MR) is 77.6 cm³/mol. The number of benzene rings is 1. The summed E-state index contributed by atoms with van der Waals surface area (Å²) >= 11 is 0. The average molecular weight is 272 g/mol. The molecule has 6 nitrogen and oxygen atoms in total. The van der Waals surface area contributed by atoms with E-state index in [1.165, 1.54) is 6.07 Å². The molecule has 0 aliphatic heterocycles. The van der Waals surface area contributed by atoms with Crippen molar-refractivity contribution in [1.82, 2.24) is 4.98 Å². The second-order valence-corrected chi connectivity index (χ2v) is 5.13. The maximum atomic E-state index is 11.0. The van der Waals surface area contributed by atoms with Crippen molar-refractivity contribution in [2.75, 3.05) is 5.32 Å². The average Bonchev–Trinajstić information content (AvgIpc) is 2.84. The molecule has 3 rings (SSSR count). The summed E-state index contributed by atoms with van der Waals surface area (Å²) in [5.41, 5.74) is 7.37. The largest absolute Gasteiger partial charge is 0.380 e. The van der Waals surface area contributed by atoms with E-state index in [2.05, 4.69) is 10.3 Å². The molecule has 0 spiro atoms. The van der Waals surface area contributed by atoms with Crippen molar-refractivity contribution in [3.63, 3.8) is 0 Å². The topological polar surface area (TPSA) is 94.1 Å². The highest BCUT2D eigenvalue weighted by Gasteiger charge is 2.25. The van der Waals surface area contributed by atoms with Gasteiger partial charge in [-0.15, -0.1) is 0 Å². The summed E-state index contributed by atoms with van der Waals surface area (Å²) in [6.07, 6.45) is 4.73. The number of non-ortho nitro benzene ring substituents is 1. The van der Waals surface area contributed by atoms with Crippen LogP contribution in [-0.2, 0) is 0 Å². The summed E-state index contributed by atoms with van der Waals surface area (Å²) < 4.78 is 0. The lowest BCUT2D eigenvalue weighted by atomic mass is 10.1. The second-order valence-electron chi connectivity index (χ2n) is 5.13. The molecular formula is C14H16N4O2. The van der Waals surface area contributed by atoms with Crippen LogP contribution in [0, 0.1) is 10.1 Å². The van der Waals surface area contributed by atoms with E-state index in [0.717, 1.165) is 30.3 Å². The Labute approximate surface area is 116 Å². The monoisotopic (exact) mass is 272 g/mol. The molecule has 0 saturated heterocycles. The van der Waals surface area contributed by atoms with Crippen molar-refractivity contribution in [2.24, 2.45) is 5.73 Å². The van der Waals surface area contributed by atoms with Crippen molar-refractivity contribution >= 4 is 22.3 Å². The molecule has 0 radical (unpaired) electrons. The predicted octanol–water partition coefficient (Wildman–Crippen LogP) is 2.43. The Balaban J connectivity index is 2.04. The molecule has 1 aliphatic rings. The minimum atomic E-state index is -0.402. The number of nitrogens with zero attached hydrogens (tertiary/aromatic N) is 2. The molecule has 1 heterocycles. The number of rotatable bonds is 3. The first-order valence-corrected chi connectivity index (χ1v) is 6.71. The summed E-state index contributed by atoms with van der Waals surface area (Å²) in [4.78, 5) is 14.8. The number of anilines is 1. The van der Waals surface area contributed by atoms with Crippen LogP contribution in [-0.4, -0.2) is 22.0 Å². The van der Waals surface area contributed by atoms with Crippen LogP contribution in [0.15, 0.2) is 30.5 Å². The van der Waals surface area contributed by atoms with Gasteiger partial charge < -0.3 is 11.1 Å². The van der Waals surface area contributed by atoms with Crippen molar-refractivity contribution in [1.29, 1.82) is 0 Å². The summed E-state index contributed by atoms with van der Waals surface area (Å²) in [5, 5.41) is 15.2. The van der Waals surface area contributed by atoms with Crippen LogP contribution in [0.2, 0.25) is 0 Å². The molecule has 1 fully saturated rings. The van der Waals surface area contributed by atoms with Crippen molar-refractivity contribution in [3.8, 4) is 0 Å². The molecule has 3 N–H and O–H groups in total. The number of nitrogens with one attached hydrogen (secondary N) is 1. The number of nitro groups is 1.